The van der Waals surface area contributed by atoms with E-state index in [-0.39, 0.29) is 18.3 Å². The van der Waals surface area contributed by atoms with Crippen molar-refractivity contribution in [2.45, 2.75) is 26.4 Å². The van der Waals surface area contributed by atoms with E-state index in [9.17, 15) is 9.18 Å². The topological polar surface area (TPSA) is 49.2 Å². The Hall–Kier alpha value is -3.00. The van der Waals surface area contributed by atoms with Crippen LogP contribution in [0.1, 0.15) is 22.6 Å². The lowest BCUT2D eigenvalue weighted by Crippen LogP contribution is -2.45. The number of halogens is 1. The molecule has 0 radical (unpaired) electrons. The highest BCUT2D eigenvalue weighted by atomic mass is 19.1. The van der Waals surface area contributed by atoms with Crippen molar-refractivity contribution in [3.05, 3.63) is 95.2 Å². The molecular formula is C29H36FN3O3. The first-order valence-corrected chi connectivity index (χ1v) is 12.7. The quantitative estimate of drug-likeness (QED) is 0.380. The molecule has 0 bridgehead atoms. The maximum absolute atomic E-state index is 14.5. The number of benzene rings is 2. The number of carbonyl (C=O) groups is 1. The van der Waals surface area contributed by atoms with Crippen molar-refractivity contribution in [3.63, 3.8) is 0 Å². The van der Waals surface area contributed by atoms with Crippen molar-refractivity contribution in [2.75, 3.05) is 52.5 Å². The third-order valence-corrected chi connectivity index (χ3v) is 6.56. The predicted molar refractivity (Wildman–Crippen MR) is 138 cm³/mol. The molecule has 1 aliphatic rings. The summed E-state index contributed by atoms with van der Waals surface area (Å²) in [4.78, 5) is 19.9. The van der Waals surface area contributed by atoms with Crippen molar-refractivity contribution >= 4 is 5.91 Å². The van der Waals surface area contributed by atoms with Crippen LogP contribution in [0.5, 0.6) is 0 Å². The molecule has 7 heteroatoms. The molecule has 1 aliphatic heterocycles. The van der Waals surface area contributed by atoms with Gasteiger partial charge in [-0.25, -0.2) is 4.39 Å². The first kappa shape index (κ1) is 26.1. The average molecular weight is 494 g/mol. The fourth-order valence-electron chi connectivity index (χ4n) is 4.44. The van der Waals surface area contributed by atoms with E-state index in [1.54, 1.807) is 12.1 Å². The molecule has 3 aromatic rings. The number of nitrogens with zero attached hydrogens (tertiary/aromatic N) is 3. The zero-order chi connectivity index (χ0) is 25.2. The molecule has 0 atom stereocenters. The van der Waals surface area contributed by atoms with Gasteiger partial charge in [0.25, 0.3) is 0 Å². The standard InChI is InChI=1S/C29H36FN3O3/c1-24-11-12-27(36-24)22-33(14-13-25-7-3-2-4-8-25)29(34)23-32(16-15-31-17-19-35-20-18-31)21-26-9-5-6-10-28(26)30/h2-12H,13-23H2,1H3. The maximum Gasteiger partial charge on any atom is 0.237 e. The summed E-state index contributed by atoms with van der Waals surface area (Å²) in [5, 5.41) is 0. The van der Waals surface area contributed by atoms with Crippen molar-refractivity contribution < 1.29 is 18.3 Å². The van der Waals surface area contributed by atoms with Crippen LogP contribution in [-0.2, 0) is 29.0 Å². The Bertz CT molecular complexity index is 1080. The summed E-state index contributed by atoms with van der Waals surface area (Å²) < 4.78 is 25.7. The number of rotatable bonds is 12. The number of ether oxygens (including phenoxy) is 1. The van der Waals surface area contributed by atoms with Gasteiger partial charge in [0.1, 0.15) is 17.3 Å². The number of hydrogen-bond donors (Lipinski definition) is 0. The molecule has 0 unspecified atom stereocenters. The number of aryl methyl sites for hydroxylation is 1. The molecule has 0 saturated carbocycles. The first-order valence-electron chi connectivity index (χ1n) is 12.7. The lowest BCUT2D eigenvalue weighted by molar-refractivity contribution is -0.133. The Balaban J connectivity index is 1.46. The van der Waals surface area contributed by atoms with Gasteiger partial charge in [-0.3, -0.25) is 14.6 Å². The van der Waals surface area contributed by atoms with Gasteiger partial charge < -0.3 is 14.1 Å². The normalized spacial score (nSPS) is 14.3. The van der Waals surface area contributed by atoms with Gasteiger partial charge in [0, 0.05) is 44.8 Å². The average Bonchev–Trinajstić information content (AvgIpc) is 3.32. The van der Waals surface area contributed by atoms with Crippen molar-refractivity contribution in [2.24, 2.45) is 0 Å². The Morgan fingerprint density at radius 1 is 0.944 bits per heavy atom. The number of furan rings is 1. The van der Waals surface area contributed by atoms with Crippen LogP contribution in [0.25, 0.3) is 0 Å². The monoisotopic (exact) mass is 493 g/mol. The minimum atomic E-state index is -0.242. The Morgan fingerprint density at radius 2 is 1.69 bits per heavy atom. The minimum Gasteiger partial charge on any atom is -0.464 e. The van der Waals surface area contributed by atoms with E-state index in [1.165, 1.54) is 11.6 Å². The summed E-state index contributed by atoms with van der Waals surface area (Å²) in [5.41, 5.74) is 1.78. The molecule has 0 spiro atoms. The Morgan fingerprint density at radius 3 is 2.42 bits per heavy atom. The van der Waals surface area contributed by atoms with Gasteiger partial charge in [-0.05, 0) is 37.1 Å². The largest absolute Gasteiger partial charge is 0.464 e. The van der Waals surface area contributed by atoms with Crippen LogP contribution in [-0.4, -0.2) is 73.1 Å². The van der Waals surface area contributed by atoms with Crippen LogP contribution in [0.15, 0.2) is 71.1 Å². The summed E-state index contributed by atoms with van der Waals surface area (Å²) in [5.74, 6) is 1.36. The fourth-order valence-corrected chi connectivity index (χ4v) is 4.44. The predicted octanol–water partition coefficient (Wildman–Crippen LogP) is 4.13. The molecular weight excluding hydrogens is 457 g/mol. The van der Waals surface area contributed by atoms with Crippen molar-refractivity contribution in [1.82, 2.24) is 14.7 Å². The van der Waals surface area contributed by atoms with Crippen LogP contribution in [0.4, 0.5) is 4.39 Å². The Kier molecular flexibility index (Phi) is 9.67. The van der Waals surface area contributed by atoms with E-state index in [4.69, 9.17) is 9.15 Å². The summed E-state index contributed by atoms with van der Waals surface area (Å²) in [6.45, 7) is 8.19. The number of morpholine rings is 1. The van der Waals surface area contributed by atoms with Gasteiger partial charge in [0.15, 0.2) is 0 Å². The molecule has 0 aliphatic carbocycles. The first-order chi connectivity index (χ1) is 17.6. The smallest absolute Gasteiger partial charge is 0.237 e. The summed E-state index contributed by atoms with van der Waals surface area (Å²) in [6.07, 6.45) is 0.757. The summed E-state index contributed by atoms with van der Waals surface area (Å²) in [6, 6.07) is 20.8. The van der Waals surface area contributed by atoms with E-state index in [0.29, 0.717) is 31.7 Å². The Labute approximate surface area is 213 Å². The molecule has 192 valence electrons. The van der Waals surface area contributed by atoms with Crippen LogP contribution >= 0.6 is 0 Å². The van der Waals surface area contributed by atoms with E-state index in [0.717, 1.165) is 50.8 Å². The van der Waals surface area contributed by atoms with Gasteiger partial charge in [-0.15, -0.1) is 0 Å². The molecule has 1 amide bonds. The number of amides is 1. The highest BCUT2D eigenvalue weighted by molar-refractivity contribution is 5.78. The zero-order valence-corrected chi connectivity index (χ0v) is 21.1. The molecule has 1 saturated heterocycles. The summed E-state index contributed by atoms with van der Waals surface area (Å²) in [7, 11) is 0. The molecule has 0 N–H and O–H groups in total. The van der Waals surface area contributed by atoms with Crippen LogP contribution < -0.4 is 0 Å². The summed E-state index contributed by atoms with van der Waals surface area (Å²) >= 11 is 0. The SMILES string of the molecule is Cc1ccc(CN(CCc2ccccc2)C(=O)CN(CCN2CCOCC2)Cc2ccccc2F)o1. The van der Waals surface area contributed by atoms with Crippen molar-refractivity contribution in [1.29, 1.82) is 0 Å². The van der Waals surface area contributed by atoms with Crippen LogP contribution in [0, 0.1) is 12.7 Å². The molecule has 2 aromatic carbocycles. The molecule has 1 aromatic heterocycles. The van der Waals surface area contributed by atoms with Gasteiger partial charge in [-0.1, -0.05) is 48.5 Å². The second-order valence-corrected chi connectivity index (χ2v) is 9.32. The van der Waals surface area contributed by atoms with Gasteiger partial charge in [0.05, 0.1) is 26.3 Å². The second-order valence-electron chi connectivity index (χ2n) is 9.32. The number of hydrogen-bond acceptors (Lipinski definition) is 5. The van der Waals surface area contributed by atoms with Crippen molar-refractivity contribution in [3.8, 4) is 0 Å². The minimum absolute atomic E-state index is 0.0123. The van der Waals surface area contributed by atoms with E-state index >= 15 is 0 Å². The number of carbonyl (C=O) groups excluding carboxylic acids is 1. The van der Waals surface area contributed by atoms with Gasteiger partial charge >= 0.3 is 0 Å². The van der Waals surface area contributed by atoms with E-state index < -0.39 is 0 Å². The van der Waals surface area contributed by atoms with Crippen LogP contribution in [0.2, 0.25) is 0 Å². The third-order valence-electron chi connectivity index (χ3n) is 6.56. The highest BCUT2D eigenvalue weighted by Gasteiger charge is 2.21. The third kappa shape index (κ3) is 8.01. The molecule has 1 fully saturated rings. The maximum atomic E-state index is 14.5. The molecule has 6 nitrogen and oxygen atoms in total. The molecule has 2 heterocycles. The fraction of sp³-hybridized carbons (Fsp3) is 0.414. The van der Waals surface area contributed by atoms with Gasteiger partial charge in [0.2, 0.25) is 5.91 Å². The molecule has 36 heavy (non-hydrogen) atoms. The van der Waals surface area contributed by atoms with Gasteiger partial charge in [-0.2, -0.15) is 0 Å². The highest BCUT2D eigenvalue weighted by Crippen LogP contribution is 2.14. The zero-order valence-electron chi connectivity index (χ0n) is 21.1. The second kappa shape index (κ2) is 13.3. The van der Waals surface area contributed by atoms with E-state index in [2.05, 4.69) is 21.9 Å². The van der Waals surface area contributed by atoms with Crippen LogP contribution in [0.3, 0.4) is 0 Å². The lowest BCUT2D eigenvalue weighted by atomic mass is 10.1. The molecule has 4 rings (SSSR count). The van der Waals surface area contributed by atoms with E-state index in [1.807, 2.05) is 48.2 Å². The lowest BCUT2D eigenvalue weighted by Gasteiger charge is -2.31.